The van der Waals surface area contributed by atoms with E-state index in [0.717, 1.165) is 0 Å². The Morgan fingerprint density at radius 1 is 1.21 bits per heavy atom. The van der Waals surface area contributed by atoms with Gasteiger partial charge in [-0.2, -0.15) is 18.0 Å². The Morgan fingerprint density at radius 2 is 1.79 bits per heavy atom. The van der Waals surface area contributed by atoms with Gasteiger partial charge < -0.3 is 5.11 Å². The molecule has 2 aromatic rings. The maximum Gasteiger partial charge on any atom is 0.437 e. The van der Waals surface area contributed by atoms with Crippen LogP contribution in [0.25, 0.3) is 5.69 Å². The Balaban J connectivity index is 2.55. The van der Waals surface area contributed by atoms with E-state index in [9.17, 15) is 18.0 Å². The molecule has 1 N–H and O–H groups in total. The Bertz CT molecular complexity index is 622. The normalized spacial score (nSPS) is 11.6. The van der Waals surface area contributed by atoms with Gasteiger partial charge in [0.2, 0.25) is 11.4 Å². The Kier molecular flexibility index (Phi) is 3.19. The van der Waals surface area contributed by atoms with Gasteiger partial charge in [-0.05, 0) is 24.3 Å². The number of carboxylic acid groups (broad SMARTS) is 1. The van der Waals surface area contributed by atoms with Gasteiger partial charge >= 0.3 is 12.1 Å². The second-order valence-corrected chi connectivity index (χ2v) is 3.90. The SMILES string of the molecule is O=C(O)c1nn(-c2ccc(Cl)cc2)nc1C(F)(F)F. The van der Waals surface area contributed by atoms with Crippen molar-refractivity contribution in [3.63, 3.8) is 0 Å². The first-order valence-electron chi connectivity index (χ1n) is 4.83. The van der Waals surface area contributed by atoms with Crippen molar-refractivity contribution in [1.82, 2.24) is 15.0 Å². The lowest BCUT2D eigenvalue weighted by Crippen LogP contribution is -2.12. The van der Waals surface area contributed by atoms with Gasteiger partial charge in [-0.25, -0.2) is 4.79 Å². The minimum Gasteiger partial charge on any atom is -0.476 e. The molecule has 1 aromatic heterocycles. The molecule has 0 bridgehead atoms. The highest BCUT2D eigenvalue weighted by Crippen LogP contribution is 2.30. The molecule has 0 saturated heterocycles. The van der Waals surface area contributed by atoms with Crippen molar-refractivity contribution in [3.05, 3.63) is 40.7 Å². The summed E-state index contributed by atoms with van der Waals surface area (Å²) >= 11 is 5.63. The van der Waals surface area contributed by atoms with E-state index >= 15 is 0 Å². The third kappa shape index (κ3) is 2.68. The molecule has 0 amide bonds. The van der Waals surface area contributed by atoms with Crippen molar-refractivity contribution in [2.24, 2.45) is 0 Å². The highest BCUT2D eigenvalue weighted by Gasteiger charge is 2.40. The zero-order valence-corrected chi connectivity index (χ0v) is 9.77. The lowest BCUT2D eigenvalue weighted by Gasteiger charge is -2.01. The van der Waals surface area contributed by atoms with Gasteiger partial charge in [0.25, 0.3) is 0 Å². The molecule has 0 saturated carbocycles. The second kappa shape index (κ2) is 4.54. The number of benzene rings is 1. The maximum absolute atomic E-state index is 12.6. The monoisotopic (exact) mass is 291 g/mol. The molecule has 0 atom stereocenters. The Morgan fingerprint density at radius 3 is 2.21 bits per heavy atom. The van der Waals surface area contributed by atoms with Crippen molar-refractivity contribution < 1.29 is 23.1 Å². The second-order valence-electron chi connectivity index (χ2n) is 3.47. The van der Waals surface area contributed by atoms with E-state index in [2.05, 4.69) is 10.2 Å². The van der Waals surface area contributed by atoms with Crippen LogP contribution in [0.3, 0.4) is 0 Å². The molecule has 2 rings (SSSR count). The fourth-order valence-corrected chi connectivity index (χ4v) is 1.46. The third-order valence-corrected chi connectivity index (χ3v) is 2.39. The van der Waals surface area contributed by atoms with Crippen LogP contribution in [0, 0.1) is 0 Å². The first kappa shape index (κ1) is 13.3. The van der Waals surface area contributed by atoms with Crippen LogP contribution in [0.2, 0.25) is 5.02 Å². The average molecular weight is 292 g/mol. The van der Waals surface area contributed by atoms with Crippen LogP contribution < -0.4 is 0 Å². The summed E-state index contributed by atoms with van der Waals surface area (Å²) in [6, 6.07) is 5.59. The minimum atomic E-state index is -4.89. The number of rotatable bonds is 2. The summed E-state index contributed by atoms with van der Waals surface area (Å²) in [5.41, 5.74) is -2.53. The van der Waals surface area contributed by atoms with Gasteiger partial charge in [-0.1, -0.05) is 11.6 Å². The first-order valence-corrected chi connectivity index (χ1v) is 5.20. The first-order chi connectivity index (χ1) is 8.79. The van der Waals surface area contributed by atoms with Gasteiger partial charge in [-0.3, -0.25) is 0 Å². The van der Waals surface area contributed by atoms with Crippen molar-refractivity contribution in [3.8, 4) is 5.69 Å². The lowest BCUT2D eigenvalue weighted by atomic mass is 10.3. The molecule has 5 nitrogen and oxygen atoms in total. The predicted molar refractivity (Wildman–Crippen MR) is 58.3 cm³/mol. The highest BCUT2D eigenvalue weighted by atomic mass is 35.5. The van der Waals surface area contributed by atoms with Crippen molar-refractivity contribution >= 4 is 17.6 Å². The largest absolute Gasteiger partial charge is 0.476 e. The highest BCUT2D eigenvalue weighted by molar-refractivity contribution is 6.30. The molecule has 0 fully saturated rings. The van der Waals surface area contributed by atoms with Gasteiger partial charge in [0.1, 0.15) is 0 Å². The molecule has 0 aliphatic rings. The van der Waals surface area contributed by atoms with E-state index in [4.69, 9.17) is 16.7 Å². The molecule has 9 heteroatoms. The summed E-state index contributed by atoms with van der Waals surface area (Å²) in [6.45, 7) is 0. The van der Waals surface area contributed by atoms with Crippen LogP contribution >= 0.6 is 11.6 Å². The predicted octanol–water partition coefficient (Wildman–Crippen LogP) is 2.64. The van der Waals surface area contributed by atoms with Gasteiger partial charge in [0.05, 0.1) is 5.69 Å². The number of halogens is 4. The number of aromatic nitrogens is 3. The van der Waals surface area contributed by atoms with Crippen LogP contribution in [0.15, 0.2) is 24.3 Å². The number of hydrogen-bond donors (Lipinski definition) is 1. The van der Waals surface area contributed by atoms with E-state index in [1.807, 2.05) is 0 Å². The standard InChI is InChI=1S/C10H5ClF3N3O2/c11-5-1-3-6(4-2-5)17-15-7(9(18)19)8(16-17)10(12,13)14/h1-4H,(H,18,19). The summed E-state index contributed by atoms with van der Waals surface area (Å²) in [7, 11) is 0. The topological polar surface area (TPSA) is 68.0 Å². The smallest absolute Gasteiger partial charge is 0.437 e. The fourth-order valence-electron chi connectivity index (χ4n) is 1.33. The van der Waals surface area contributed by atoms with E-state index in [1.54, 1.807) is 0 Å². The third-order valence-electron chi connectivity index (χ3n) is 2.14. The number of alkyl halides is 3. The summed E-state index contributed by atoms with van der Waals surface area (Å²) in [5.74, 6) is -1.80. The van der Waals surface area contributed by atoms with Gasteiger partial charge in [-0.15, -0.1) is 10.2 Å². The number of hydrogen-bond acceptors (Lipinski definition) is 3. The lowest BCUT2D eigenvalue weighted by molar-refractivity contribution is -0.141. The van der Waals surface area contributed by atoms with Crippen LogP contribution in [-0.2, 0) is 6.18 Å². The molecule has 0 aliphatic carbocycles. The molecular weight excluding hydrogens is 287 g/mol. The van der Waals surface area contributed by atoms with Gasteiger partial charge in [0, 0.05) is 5.02 Å². The van der Waals surface area contributed by atoms with Gasteiger partial charge in [0.15, 0.2) is 0 Å². The zero-order valence-electron chi connectivity index (χ0n) is 9.02. The summed E-state index contributed by atoms with van der Waals surface area (Å²) in [6.07, 6.45) is -4.89. The quantitative estimate of drug-likeness (QED) is 0.923. The molecule has 0 radical (unpaired) electrons. The van der Waals surface area contributed by atoms with E-state index in [1.165, 1.54) is 24.3 Å². The fraction of sp³-hybridized carbons (Fsp3) is 0.100. The zero-order chi connectivity index (χ0) is 14.2. The number of carbonyl (C=O) groups is 1. The maximum atomic E-state index is 12.6. The molecular formula is C10H5ClF3N3O2. The van der Waals surface area contributed by atoms with Crippen molar-refractivity contribution in [2.75, 3.05) is 0 Å². The van der Waals surface area contributed by atoms with E-state index in [0.29, 0.717) is 9.82 Å². The Hall–Kier alpha value is -2.09. The Labute approximate surface area is 109 Å². The van der Waals surface area contributed by atoms with Crippen LogP contribution in [0.4, 0.5) is 13.2 Å². The van der Waals surface area contributed by atoms with E-state index in [-0.39, 0.29) is 5.69 Å². The summed E-state index contributed by atoms with van der Waals surface area (Å²) < 4.78 is 37.8. The molecule has 0 spiro atoms. The molecule has 0 aliphatic heterocycles. The summed E-state index contributed by atoms with van der Waals surface area (Å²) in [5, 5.41) is 15.6. The molecule has 100 valence electrons. The average Bonchev–Trinajstić information content (AvgIpc) is 2.74. The molecule has 1 heterocycles. The van der Waals surface area contributed by atoms with Crippen molar-refractivity contribution in [2.45, 2.75) is 6.18 Å². The minimum absolute atomic E-state index is 0.169. The number of carboxylic acids is 1. The van der Waals surface area contributed by atoms with Crippen LogP contribution in [-0.4, -0.2) is 26.1 Å². The summed E-state index contributed by atoms with van der Waals surface area (Å²) in [4.78, 5) is 11.3. The van der Waals surface area contributed by atoms with Crippen LogP contribution in [0.1, 0.15) is 16.2 Å². The molecule has 19 heavy (non-hydrogen) atoms. The molecule has 0 unspecified atom stereocenters. The number of aromatic carboxylic acids is 1. The molecule has 1 aromatic carbocycles. The van der Waals surface area contributed by atoms with Crippen molar-refractivity contribution in [1.29, 1.82) is 0 Å². The van der Waals surface area contributed by atoms with Crippen LogP contribution in [0.5, 0.6) is 0 Å². The van der Waals surface area contributed by atoms with E-state index < -0.39 is 23.5 Å². The number of nitrogens with zero attached hydrogens (tertiary/aromatic N) is 3.